The number of anilines is 1. The highest BCUT2D eigenvalue weighted by molar-refractivity contribution is 9.10. The summed E-state index contributed by atoms with van der Waals surface area (Å²) in [5.41, 5.74) is 1.91. The third kappa shape index (κ3) is 2.56. The summed E-state index contributed by atoms with van der Waals surface area (Å²) < 4.78 is 0.891. The van der Waals surface area contributed by atoms with Crippen LogP contribution in [0.2, 0.25) is 0 Å². The van der Waals surface area contributed by atoms with Crippen LogP contribution in [0, 0.1) is 17.2 Å². The molecule has 0 radical (unpaired) electrons. The molecule has 0 N–H and O–H groups in total. The number of halogens is 1. The average molecular weight is 279 g/mol. The fourth-order valence-electron chi connectivity index (χ4n) is 1.82. The zero-order valence-corrected chi connectivity index (χ0v) is 11.0. The number of nitrogens with zero attached hydrogens (tertiary/aromatic N) is 2. The first-order chi connectivity index (χ1) is 7.74. The van der Waals surface area contributed by atoms with E-state index < -0.39 is 0 Å². The number of nitriles is 1. The number of hydrogen-bond acceptors (Lipinski definition) is 2. The van der Waals surface area contributed by atoms with Gasteiger partial charge in [0.15, 0.2) is 0 Å². The minimum atomic E-state index is 0.700. The molecule has 0 heterocycles. The Morgan fingerprint density at radius 2 is 2.25 bits per heavy atom. The molecule has 2 nitrogen and oxygen atoms in total. The van der Waals surface area contributed by atoms with Crippen LogP contribution >= 0.6 is 15.9 Å². The molecule has 3 heteroatoms. The fraction of sp³-hybridized carbons (Fsp3) is 0.462. The van der Waals surface area contributed by atoms with E-state index in [4.69, 9.17) is 5.26 Å². The Hall–Kier alpha value is -1.01. The lowest BCUT2D eigenvalue weighted by molar-refractivity contribution is 0.742. The van der Waals surface area contributed by atoms with E-state index in [-0.39, 0.29) is 0 Å². The standard InChI is InChI=1S/C13H15BrN2/c1-2-16(9-10-3-4-10)12-6-5-11(8-15)13(14)7-12/h5-7,10H,2-4,9H2,1H3. The number of hydrogen-bond donors (Lipinski definition) is 0. The normalized spacial score (nSPS) is 14.6. The van der Waals surface area contributed by atoms with E-state index in [2.05, 4.69) is 33.8 Å². The summed E-state index contributed by atoms with van der Waals surface area (Å²) in [7, 11) is 0. The Balaban J connectivity index is 2.17. The largest absolute Gasteiger partial charge is 0.372 e. The Morgan fingerprint density at radius 1 is 1.50 bits per heavy atom. The summed E-state index contributed by atoms with van der Waals surface area (Å²) >= 11 is 3.44. The number of rotatable bonds is 4. The van der Waals surface area contributed by atoms with Gasteiger partial charge in [0, 0.05) is 23.2 Å². The Labute approximate surface area is 105 Å². The molecule has 1 saturated carbocycles. The maximum Gasteiger partial charge on any atom is 0.100 e. The Kier molecular flexibility index (Phi) is 3.50. The first kappa shape index (κ1) is 11.5. The first-order valence-corrected chi connectivity index (χ1v) is 6.48. The van der Waals surface area contributed by atoms with E-state index in [1.807, 2.05) is 18.2 Å². The van der Waals surface area contributed by atoms with Crippen LogP contribution in [0.15, 0.2) is 22.7 Å². The molecular weight excluding hydrogens is 264 g/mol. The summed E-state index contributed by atoms with van der Waals surface area (Å²) in [6, 6.07) is 8.13. The van der Waals surface area contributed by atoms with Crippen molar-refractivity contribution in [2.24, 2.45) is 5.92 Å². The van der Waals surface area contributed by atoms with E-state index in [1.54, 1.807) is 0 Å². The van der Waals surface area contributed by atoms with E-state index in [0.717, 1.165) is 23.5 Å². The minimum absolute atomic E-state index is 0.700. The summed E-state index contributed by atoms with van der Waals surface area (Å²) in [4.78, 5) is 2.38. The second-order valence-corrected chi connectivity index (χ2v) is 5.11. The minimum Gasteiger partial charge on any atom is -0.372 e. The predicted octanol–water partition coefficient (Wildman–Crippen LogP) is 3.56. The van der Waals surface area contributed by atoms with Crippen molar-refractivity contribution < 1.29 is 0 Å². The molecule has 0 bridgehead atoms. The second-order valence-electron chi connectivity index (χ2n) is 4.26. The van der Waals surface area contributed by atoms with E-state index >= 15 is 0 Å². The van der Waals surface area contributed by atoms with Crippen LogP contribution in [0.25, 0.3) is 0 Å². The highest BCUT2D eigenvalue weighted by Crippen LogP contribution is 2.32. The van der Waals surface area contributed by atoms with Crippen LogP contribution in [0.1, 0.15) is 25.3 Å². The molecule has 0 saturated heterocycles. The van der Waals surface area contributed by atoms with E-state index in [0.29, 0.717) is 5.56 Å². The van der Waals surface area contributed by atoms with Crippen molar-refractivity contribution in [1.82, 2.24) is 0 Å². The lowest BCUT2D eigenvalue weighted by Gasteiger charge is -2.23. The summed E-state index contributed by atoms with van der Waals surface area (Å²) in [6.45, 7) is 4.35. The molecule has 16 heavy (non-hydrogen) atoms. The van der Waals surface area contributed by atoms with Crippen LogP contribution in [0.5, 0.6) is 0 Å². The maximum absolute atomic E-state index is 8.87. The molecule has 0 unspecified atom stereocenters. The van der Waals surface area contributed by atoms with Crippen molar-refractivity contribution >= 4 is 21.6 Å². The highest BCUT2D eigenvalue weighted by atomic mass is 79.9. The van der Waals surface area contributed by atoms with Crippen molar-refractivity contribution in [1.29, 1.82) is 5.26 Å². The monoisotopic (exact) mass is 278 g/mol. The third-order valence-electron chi connectivity index (χ3n) is 3.00. The Morgan fingerprint density at radius 3 is 2.75 bits per heavy atom. The summed E-state index contributed by atoms with van der Waals surface area (Å²) in [5, 5.41) is 8.87. The molecule has 1 fully saturated rings. The van der Waals surface area contributed by atoms with Gasteiger partial charge in [-0.3, -0.25) is 0 Å². The van der Waals surface area contributed by atoms with Gasteiger partial charge in [-0.15, -0.1) is 0 Å². The van der Waals surface area contributed by atoms with Crippen molar-refractivity contribution in [3.8, 4) is 6.07 Å². The van der Waals surface area contributed by atoms with Gasteiger partial charge in [-0.2, -0.15) is 5.26 Å². The van der Waals surface area contributed by atoms with Crippen molar-refractivity contribution in [2.45, 2.75) is 19.8 Å². The molecule has 0 aliphatic heterocycles. The molecule has 1 aromatic rings. The lowest BCUT2D eigenvalue weighted by atomic mass is 10.2. The summed E-state index contributed by atoms with van der Waals surface area (Å²) in [5.74, 6) is 0.884. The topological polar surface area (TPSA) is 27.0 Å². The van der Waals surface area contributed by atoms with Crippen molar-refractivity contribution in [2.75, 3.05) is 18.0 Å². The predicted molar refractivity (Wildman–Crippen MR) is 69.5 cm³/mol. The SMILES string of the molecule is CCN(CC1CC1)c1ccc(C#N)c(Br)c1. The fourth-order valence-corrected chi connectivity index (χ4v) is 2.28. The van der Waals surface area contributed by atoms with Gasteiger partial charge in [-0.25, -0.2) is 0 Å². The van der Waals surface area contributed by atoms with Gasteiger partial charge in [0.05, 0.1) is 5.56 Å². The maximum atomic E-state index is 8.87. The molecule has 1 aromatic carbocycles. The van der Waals surface area contributed by atoms with Gasteiger partial charge in [-0.1, -0.05) is 0 Å². The molecule has 0 atom stereocenters. The third-order valence-corrected chi connectivity index (χ3v) is 3.65. The molecule has 2 rings (SSSR count). The van der Waals surface area contributed by atoms with Gasteiger partial charge >= 0.3 is 0 Å². The van der Waals surface area contributed by atoms with Crippen LogP contribution in [0.3, 0.4) is 0 Å². The molecule has 1 aliphatic carbocycles. The van der Waals surface area contributed by atoms with E-state index in [9.17, 15) is 0 Å². The Bertz CT molecular complexity index is 418. The quantitative estimate of drug-likeness (QED) is 0.842. The first-order valence-electron chi connectivity index (χ1n) is 5.69. The molecule has 0 aromatic heterocycles. The molecular formula is C13H15BrN2. The van der Waals surface area contributed by atoms with Crippen LogP contribution in [-0.2, 0) is 0 Å². The second kappa shape index (κ2) is 4.88. The van der Waals surface area contributed by atoms with Gasteiger partial charge in [0.25, 0.3) is 0 Å². The van der Waals surface area contributed by atoms with Crippen molar-refractivity contribution in [3.05, 3.63) is 28.2 Å². The van der Waals surface area contributed by atoms with Crippen molar-refractivity contribution in [3.63, 3.8) is 0 Å². The average Bonchev–Trinajstić information content (AvgIpc) is 3.09. The number of benzene rings is 1. The zero-order chi connectivity index (χ0) is 11.5. The molecule has 0 amide bonds. The molecule has 1 aliphatic rings. The van der Waals surface area contributed by atoms with Gasteiger partial charge in [-0.05, 0) is 59.8 Å². The lowest BCUT2D eigenvalue weighted by Crippen LogP contribution is -2.25. The van der Waals surface area contributed by atoms with Gasteiger partial charge in [0.2, 0.25) is 0 Å². The molecule has 0 spiro atoms. The van der Waals surface area contributed by atoms with Crippen LogP contribution in [-0.4, -0.2) is 13.1 Å². The van der Waals surface area contributed by atoms with Gasteiger partial charge in [0.1, 0.15) is 6.07 Å². The van der Waals surface area contributed by atoms with Crippen LogP contribution < -0.4 is 4.90 Å². The van der Waals surface area contributed by atoms with Crippen LogP contribution in [0.4, 0.5) is 5.69 Å². The zero-order valence-electron chi connectivity index (χ0n) is 9.41. The highest BCUT2D eigenvalue weighted by Gasteiger charge is 2.24. The summed E-state index contributed by atoms with van der Waals surface area (Å²) in [6.07, 6.45) is 2.74. The van der Waals surface area contributed by atoms with E-state index in [1.165, 1.54) is 18.5 Å². The van der Waals surface area contributed by atoms with Gasteiger partial charge < -0.3 is 4.90 Å². The molecule has 84 valence electrons. The smallest absolute Gasteiger partial charge is 0.100 e.